The number of benzene rings is 2. The van der Waals surface area contributed by atoms with E-state index in [0.717, 1.165) is 18.1 Å². The zero-order chi connectivity index (χ0) is 25.2. The van der Waals surface area contributed by atoms with E-state index in [1.807, 2.05) is 13.8 Å². The first-order chi connectivity index (χ1) is 15.6. The predicted octanol–water partition coefficient (Wildman–Crippen LogP) is 7.11. The van der Waals surface area contributed by atoms with Gasteiger partial charge in [0.1, 0.15) is 5.56 Å². The number of carbonyl (C=O) groups excluding carboxylic acids is 1. The lowest BCUT2D eigenvalue weighted by Crippen LogP contribution is -2.16. The van der Waals surface area contributed by atoms with Crippen molar-refractivity contribution in [1.29, 1.82) is 0 Å². The van der Waals surface area contributed by atoms with Gasteiger partial charge in [0, 0.05) is 5.56 Å². The van der Waals surface area contributed by atoms with Crippen molar-refractivity contribution in [2.24, 2.45) is 5.92 Å². The van der Waals surface area contributed by atoms with Crippen LogP contribution in [0.1, 0.15) is 81.6 Å². The van der Waals surface area contributed by atoms with Crippen molar-refractivity contribution >= 4 is 15.9 Å². The van der Waals surface area contributed by atoms with Crippen LogP contribution < -0.4 is 0 Å². The Labute approximate surface area is 192 Å². The minimum Gasteiger partial charge on any atom is -0.288 e. The summed E-state index contributed by atoms with van der Waals surface area (Å²) in [5, 5.41) is 0. The van der Waals surface area contributed by atoms with E-state index in [0.29, 0.717) is 0 Å². The van der Waals surface area contributed by atoms with Gasteiger partial charge < -0.3 is 0 Å². The number of ketones is 1. The summed E-state index contributed by atoms with van der Waals surface area (Å²) in [6.45, 7) is 6.39. The monoisotopic (exact) mass is 490 g/mol. The standard InChI is InChI=1S/C13H6F4O4S.C9H18.C2H6/c14-8-7(12(18)6-4-2-1-3-5-6)9(15)11(17)13(10(8)16)22(19,20)21;1-9-7-5-3-2-4-6-8-9;1-2/h1-5H,(H,19,20,21);9H,2-8H2,1H3;1-2H3. The molecule has 0 aromatic heterocycles. The first-order valence-electron chi connectivity index (χ1n) is 11.0. The van der Waals surface area contributed by atoms with E-state index in [-0.39, 0.29) is 5.56 Å². The molecule has 1 N–H and O–H groups in total. The Balaban J connectivity index is 0.000000412. The van der Waals surface area contributed by atoms with Gasteiger partial charge in [0.05, 0.1) is 0 Å². The number of hydrogen-bond acceptors (Lipinski definition) is 3. The van der Waals surface area contributed by atoms with Crippen LogP contribution in [0, 0.1) is 29.2 Å². The van der Waals surface area contributed by atoms with Crippen molar-refractivity contribution in [3.05, 3.63) is 64.7 Å². The predicted molar refractivity (Wildman–Crippen MR) is 119 cm³/mol. The average Bonchev–Trinajstić information content (AvgIpc) is 2.77. The van der Waals surface area contributed by atoms with Crippen molar-refractivity contribution in [1.82, 2.24) is 0 Å². The highest BCUT2D eigenvalue weighted by Gasteiger charge is 2.34. The first-order valence-corrected chi connectivity index (χ1v) is 12.4. The maximum atomic E-state index is 13.8. The van der Waals surface area contributed by atoms with E-state index >= 15 is 0 Å². The molecule has 1 aliphatic carbocycles. The molecule has 0 spiro atoms. The molecular formula is C24H30F4O4S. The molecule has 0 atom stereocenters. The normalized spacial score (nSPS) is 14.7. The second-order valence-corrected chi connectivity index (χ2v) is 8.94. The fourth-order valence-corrected chi connectivity index (χ4v) is 4.06. The first kappa shape index (κ1) is 28.8. The molecule has 9 heteroatoms. The third-order valence-corrected chi connectivity index (χ3v) is 6.01. The number of rotatable bonds is 3. The molecule has 3 rings (SSSR count). The molecule has 4 nitrogen and oxygen atoms in total. The molecule has 33 heavy (non-hydrogen) atoms. The van der Waals surface area contributed by atoms with Crippen LogP contribution in [0.2, 0.25) is 0 Å². The lowest BCUT2D eigenvalue weighted by molar-refractivity contribution is 0.102. The summed E-state index contributed by atoms with van der Waals surface area (Å²) in [6.07, 6.45) is 10.4. The van der Waals surface area contributed by atoms with E-state index in [2.05, 4.69) is 6.92 Å². The minimum absolute atomic E-state index is 0.265. The molecule has 2 aromatic carbocycles. The van der Waals surface area contributed by atoms with Crippen LogP contribution in [0.25, 0.3) is 0 Å². The van der Waals surface area contributed by atoms with Gasteiger partial charge >= 0.3 is 10.1 Å². The third-order valence-electron chi connectivity index (χ3n) is 5.14. The second kappa shape index (κ2) is 13.4. The lowest BCUT2D eigenvalue weighted by atomic mass is 9.93. The van der Waals surface area contributed by atoms with Gasteiger partial charge in [0.25, 0.3) is 0 Å². The Bertz CT molecular complexity index is 988. The second-order valence-electron chi connectivity index (χ2n) is 7.58. The zero-order valence-corrected chi connectivity index (χ0v) is 19.8. The fourth-order valence-electron chi connectivity index (χ4n) is 3.43. The molecule has 0 bridgehead atoms. The van der Waals surface area contributed by atoms with E-state index in [9.17, 15) is 30.8 Å². The van der Waals surface area contributed by atoms with Crippen LogP contribution in [0.4, 0.5) is 17.6 Å². The van der Waals surface area contributed by atoms with Crippen LogP contribution in [-0.4, -0.2) is 18.8 Å². The summed E-state index contributed by atoms with van der Waals surface area (Å²) >= 11 is 0. The Hall–Kier alpha value is -2.26. The molecule has 0 unspecified atom stereocenters. The van der Waals surface area contributed by atoms with Gasteiger partial charge in [-0.15, -0.1) is 0 Å². The third kappa shape index (κ3) is 7.92. The van der Waals surface area contributed by atoms with E-state index < -0.39 is 49.6 Å². The van der Waals surface area contributed by atoms with Crippen LogP contribution in [-0.2, 0) is 10.1 Å². The quantitative estimate of drug-likeness (QED) is 0.215. The molecule has 0 heterocycles. The van der Waals surface area contributed by atoms with E-state index in [1.165, 1.54) is 63.1 Å². The fraction of sp³-hybridized carbons (Fsp3) is 0.458. The number of carbonyl (C=O) groups is 1. The zero-order valence-electron chi connectivity index (χ0n) is 19.0. The van der Waals surface area contributed by atoms with Gasteiger partial charge in [-0.05, 0) is 5.92 Å². The number of halogens is 4. The van der Waals surface area contributed by atoms with Gasteiger partial charge in [-0.3, -0.25) is 9.35 Å². The van der Waals surface area contributed by atoms with Crippen LogP contribution >= 0.6 is 0 Å². The summed E-state index contributed by atoms with van der Waals surface area (Å²) in [7, 11) is -5.56. The Morgan fingerprint density at radius 1 is 0.818 bits per heavy atom. The van der Waals surface area contributed by atoms with Crippen LogP contribution in [0.5, 0.6) is 0 Å². The minimum atomic E-state index is -5.56. The average molecular weight is 491 g/mol. The molecule has 0 radical (unpaired) electrons. The Kier molecular flexibility index (Phi) is 11.7. The van der Waals surface area contributed by atoms with Crippen molar-refractivity contribution in [3.8, 4) is 0 Å². The summed E-state index contributed by atoms with van der Waals surface area (Å²) < 4.78 is 85.0. The summed E-state index contributed by atoms with van der Waals surface area (Å²) in [4.78, 5) is 9.74. The van der Waals surface area contributed by atoms with Crippen molar-refractivity contribution in [2.45, 2.75) is 70.6 Å². The summed E-state index contributed by atoms with van der Waals surface area (Å²) in [5.74, 6) is -9.53. The van der Waals surface area contributed by atoms with E-state index in [4.69, 9.17) is 4.55 Å². The maximum Gasteiger partial charge on any atom is 0.300 e. The highest BCUT2D eigenvalue weighted by atomic mass is 32.2. The van der Waals surface area contributed by atoms with Gasteiger partial charge in [0.2, 0.25) is 0 Å². The molecule has 0 aliphatic heterocycles. The van der Waals surface area contributed by atoms with Gasteiger partial charge in [-0.25, -0.2) is 17.6 Å². The number of hydrogen-bond donors (Lipinski definition) is 1. The molecule has 0 saturated heterocycles. The van der Waals surface area contributed by atoms with Crippen LogP contribution in [0.15, 0.2) is 35.2 Å². The highest BCUT2D eigenvalue weighted by molar-refractivity contribution is 7.85. The smallest absolute Gasteiger partial charge is 0.288 e. The SMILES string of the molecule is CC.CC1CCCCCCC1.O=C(c1ccccc1)c1c(F)c(F)c(S(=O)(=O)O)c(F)c1F. The van der Waals surface area contributed by atoms with Gasteiger partial charge in [-0.1, -0.05) is 96.0 Å². The topological polar surface area (TPSA) is 71.4 Å². The largest absolute Gasteiger partial charge is 0.300 e. The van der Waals surface area contributed by atoms with Crippen LogP contribution in [0.3, 0.4) is 0 Å². The molecule has 1 fully saturated rings. The van der Waals surface area contributed by atoms with Gasteiger partial charge in [0.15, 0.2) is 33.9 Å². The highest BCUT2D eigenvalue weighted by Crippen LogP contribution is 2.29. The molecule has 0 amide bonds. The van der Waals surface area contributed by atoms with Crippen molar-refractivity contribution < 1.29 is 35.3 Å². The summed E-state index contributed by atoms with van der Waals surface area (Å²) in [6, 6.07) is 6.48. The van der Waals surface area contributed by atoms with Crippen molar-refractivity contribution in [2.75, 3.05) is 0 Å². The van der Waals surface area contributed by atoms with Gasteiger partial charge in [-0.2, -0.15) is 8.42 Å². The molecule has 1 saturated carbocycles. The Morgan fingerprint density at radius 3 is 1.67 bits per heavy atom. The molecular weight excluding hydrogens is 460 g/mol. The maximum absolute atomic E-state index is 13.8. The summed E-state index contributed by atoms with van der Waals surface area (Å²) in [5.41, 5.74) is -1.85. The molecule has 2 aromatic rings. The Morgan fingerprint density at radius 2 is 1.24 bits per heavy atom. The van der Waals surface area contributed by atoms with E-state index in [1.54, 1.807) is 0 Å². The molecule has 184 valence electrons. The molecule has 1 aliphatic rings. The lowest BCUT2D eigenvalue weighted by Gasteiger charge is -2.13. The van der Waals surface area contributed by atoms with Crippen molar-refractivity contribution in [3.63, 3.8) is 0 Å².